The van der Waals surface area contributed by atoms with Gasteiger partial charge in [-0.25, -0.2) is 0 Å². The number of amides is 1. The second kappa shape index (κ2) is 8.67. The molecule has 2 saturated heterocycles. The number of hydrogen-bond acceptors (Lipinski definition) is 5. The Morgan fingerprint density at radius 1 is 1.04 bits per heavy atom. The molecular weight excluding hydrogens is 340 g/mol. The van der Waals surface area contributed by atoms with E-state index in [0.29, 0.717) is 5.91 Å². The van der Waals surface area contributed by atoms with Gasteiger partial charge in [0, 0.05) is 51.7 Å². The van der Waals surface area contributed by atoms with E-state index >= 15 is 0 Å². The smallest absolute Gasteiger partial charge is 0.227 e. The molecule has 2 fully saturated rings. The molecule has 0 bridgehead atoms. The molecule has 0 N–H and O–H groups in total. The van der Waals surface area contributed by atoms with Crippen molar-refractivity contribution in [3.8, 4) is 0 Å². The van der Waals surface area contributed by atoms with Gasteiger partial charge in [-0.15, -0.1) is 0 Å². The highest BCUT2D eigenvalue weighted by Crippen LogP contribution is 2.21. The van der Waals surface area contributed by atoms with Crippen LogP contribution in [0.15, 0.2) is 47.3 Å². The third-order valence-electron chi connectivity index (χ3n) is 5.65. The van der Waals surface area contributed by atoms with Crippen LogP contribution in [-0.4, -0.2) is 64.9 Å². The molecule has 0 aromatic carbocycles. The fourth-order valence-corrected chi connectivity index (χ4v) is 4.15. The van der Waals surface area contributed by atoms with Crippen molar-refractivity contribution in [2.24, 2.45) is 5.92 Å². The molecule has 144 valence electrons. The molecule has 2 aliphatic heterocycles. The first-order valence-electron chi connectivity index (χ1n) is 9.93. The van der Waals surface area contributed by atoms with Gasteiger partial charge in [0.1, 0.15) is 5.76 Å². The Hall–Kier alpha value is -2.18. The molecular formula is C21H28N4O2. The molecule has 1 atom stereocenters. The number of carbonyl (C=O) groups excluding carboxylic acids is 1. The van der Waals surface area contributed by atoms with Crippen molar-refractivity contribution in [1.82, 2.24) is 19.7 Å². The average molecular weight is 368 g/mol. The molecule has 0 aliphatic carbocycles. The van der Waals surface area contributed by atoms with Crippen LogP contribution in [0.2, 0.25) is 0 Å². The minimum absolute atomic E-state index is 0.125. The van der Waals surface area contributed by atoms with Crippen LogP contribution in [0, 0.1) is 5.92 Å². The van der Waals surface area contributed by atoms with Crippen molar-refractivity contribution in [1.29, 1.82) is 0 Å². The monoisotopic (exact) mass is 368 g/mol. The van der Waals surface area contributed by atoms with Crippen LogP contribution in [-0.2, 0) is 17.9 Å². The molecule has 1 unspecified atom stereocenters. The van der Waals surface area contributed by atoms with Crippen LogP contribution >= 0.6 is 0 Å². The third-order valence-corrected chi connectivity index (χ3v) is 5.65. The first-order chi connectivity index (χ1) is 13.3. The zero-order valence-corrected chi connectivity index (χ0v) is 15.8. The van der Waals surface area contributed by atoms with Crippen molar-refractivity contribution in [2.75, 3.05) is 39.3 Å². The van der Waals surface area contributed by atoms with E-state index in [-0.39, 0.29) is 5.92 Å². The maximum atomic E-state index is 13.0. The Morgan fingerprint density at radius 3 is 2.59 bits per heavy atom. The molecule has 0 spiro atoms. The number of carbonyl (C=O) groups is 1. The zero-order chi connectivity index (χ0) is 18.5. The lowest BCUT2D eigenvalue weighted by molar-refractivity contribution is -0.139. The molecule has 2 aliphatic rings. The van der Waals surface area contributed by atoms with E-state index in [0.717, 1.165) is 71.0 Å². The third kappa shape index (κ3) is 4.76. The summed E-state index contributed by atoms with van der Waals surface area (Å²) in [5.41, 5.74) is 1.28. The van der Waals surface area contributed by atoms with Gasteiger partial charge in [-0.1, -0.05) is 0 Å². The first kappa shape index (κ1) is 18.2. The van der Waals surface area contributed by atoms with E-state index < -0.39 is 0 Å². The van der Waals surface area contributed by atoms with Crippen LogP contribution in [0.25, 0.3) is 0 Å². The molecule has 0 saturated carbocycles. The number of piperazine rings is 1. The summed E-state index contributed by atoms with van der Waals surface area (Å²) in [4.78, 5) is 23.9. The summed E-state index contributed by atoms with van der Waals surface area (Å²) in [6.07, 6.45) is 7.48. The van der Waals surface area contributed by atoms with Crippen molar-refractivity contribution in [3.05, 3.63) is 54.2 Å². The highest BCUT2D eigenvalue weighted by atomic mass is 16.3. The summed E-state index contributed by atoms with van der Waals surface area (Å²) in [6.45, 7) is 7.17. The standard InChI is InChI=1S/C21H28N4O2/c26-21(19-3-1-9-24(16-19)17-20-4-2-14-27-20)25-12-10-23(11-13-25)15-18-5-7-22-8-6-18/h2,4-8,14,19H,1,3,9-13,15-17H2. The van der Waals surface area contributed by atoms with Crippen LogP contribution in [0.5, 0.6) is 0 Å². The minimum atomic E-state index is 0.125. The Bertz CT molecular complexity index is 711. The van der Waals surface area contributed by atoms with E-state index in [1.807, 2.05) is 24.5 Å². The molecule has 1 amide bonds. The van der Waals surface area contributed by atoms with E-state index in [1.54, 1.807) is 6.26 Å². The van der Waals surface area contributed by atoms with E-state index in [9.17, 15) is 4.79 Å². The van der Waals surface area contributed by atoms with Gasteiger partial charge < -0.3 is 9.32 Å². The van der Waals surface area contributed by atoms with Crippen molar-refractivity contribution < 1.29 is 9.21 Å². The van der Waals surface area contributed by atoms with E-state index in [1.165, 1.54) is 5.56 Å². The quantitative estimate of drug-likeness (QED) is 0.810. The van der Waals surface area contributed by atoms with Crippen molar-refractivity contribution in [2.45, 2.75) is 25.9 Å². The second-order valence-corrected chi connectivity index (χ2v) is 7.61. The Kier molecular flexibility index (Phi) is 5.84. The van der Waals surface area contributed by atoms with Gasteiger partial charge in [0.05, 0.1) is 18.7 Å². The summed E-state index contributed by atoms with van der Waals surface area (Å²) >= 11 is 0. The van der Waals surface area contributed by atoms with Gasteiger partial charge in [-0.3, -0.25) is 19.6 Å². The molecule has 4 heterocycles. The lowest BCUT2D eigenvalue weighted by atomic mass is 9.96. The maximum Gasteiger partial charge on any atom is 0.227 e. The molecule has 0 radical (unpaired) electrons. The molecule has 6 nitrogen and oxygen atoms in total. The van der Waals surface area contributed by atoms with E-state index in [2.05, 4.69) is 31.8 Å². The number of likely N-dealkylation sites (tertiary alicyclic amines) is 1. The normalized spacial score (nSPS) is 22.1. The number of aromatic nitrogens is 1. The zero-order valence-electron chi connectivity index (χ0n) is 15.8. The number of pyridine rings is 1. The summed E-state index contributed by atoms with van der Waals surface area (Å²) < 4.78 is 5.46. The van der Waals surface area contributed by atoms with Crippen molar-refractivity contribution >= 4 is 5.91 Å². The Balaban J connectivity index is 1.26. The van der Waals surface area contributed by atoms with Gasteiger partial charge in [-0.05, 0) is 49.2 Å². The number of nitrogens with zero attached hydrogens (tertiary/aromatic N) is 4. The van der Waals surface area contributed by atoms with Gasteiger partial charge in [0.2, 0.25) is 5.91 Å². The van der Waals surface area contributed by atoms with Gasteiger partial charge in [0.25, 0.3) is 0 Å². The van der Waals surface area contributed by atoms with Crippen LogP contribution in [0.4, 0.5) is 0 Å². The average Bonchev–Trinajstić information content (AvgIpc) is 3.22. The van der Waals surface area contributed by atoms with Crippen LogP contribution in [0.1, 0.15) is 24.2 Å². The minimum Gasteiger partial charge on any atom is -0.468 e. The van der Waals surface area contributed by atoms with Gasteiger partial charge >= 0.3 is 0 Å². The number of hydrogen-bond donors (Lipinski definition) is 0. The van der Waals surface area contributed by atoms with Gasteiger partial charge in [0.15, 0.2) is 0 Å². The highest BCUT2D eigenvalue weighted by Gasteiger charge is 2.31. The first-order valence-corrected chi connectivity index (χ1v) is 9.93. The van der Waals surface area contributed by atoms with Crippen LogP contribution < -0.4 is 0 Å². The molecule has 27 heavy (non-hydrogen) atoms. The number of furan rings is 1. The predicted molar refractivity (Wildman–Crippen MR) is 103 cm³/mol. The van der Waals surface area contributed by atoms with E-state index in [4.69, 9.17) is 4.42 Å². The van der Waals surface area contributed by atoms with Crippen LogP contribution in [0.3, 0.4) is 0 Å². The molecule has 2 aromatic heterocycles. The Labute approximate surface area is 160 Å². The molecule has 2 aromatic rings. The fourth-order valence-electron chi connectivity index (χ4n) is 4.15. The van der Waals surface area contributed by atoms with Gasteiger partial charge in [-0.2, -0.15) is 0 Å². The number of rotatable bonds is 5. The fraction of sp³-hybridized carbons (Fsp3) is 0.524. The SMILES string of the molecule is O=C(C1CCCN(Cc2ccco2)C1)N1CCN(Cc2ccncc2)CC1. The Morgan fingerprint density at radius 2 is 1.85 bits per heavy atom. The maximum absolute atomic E-state index is 13.0. The molecule has 4 rings (SSSR count). The lowest BCUT2D eigenvalue weighted by Crippen LogP contribution is -2.52. The largest absolute Gasteiger partial charge is 0.468 e. The summed E-state index contributed by atoms with van der Waals surface area (Å²) in [5.74, 6) is 1.44. The lowest BCUT2D eigenvalue weighted by Gasteiger charge is -2.39. The molecule has 6 heteroatoms. The summed E-state index contributed by atoms with van der Waals surface area (Å²) in [5, 5.41) is 0. The highest BCUT2D eigenvalue weighted by molar-refractivity contribution is 5.79. The summed E-state index contributed by atoms with van der Waals surface area (Å²) in [6, 6.07) is 8.06. The second-order valence-electron chi connectivity index (χ2n) is 7.61. The topological polar surface area (TPSA) is 52.8 Å². The number of piperidine rings is 1. The van der Waals surface area contributed by atoms with Crippen molar-refractivity contribution in [3.63, 3.8) is 0 Å². The predicted octanol–water partition coefficient (Wildman–Crippen LogP) is 2.23. The summed E-state index contributed by atoms with van der Waals surface area (Å²) in [7, 11) is 0.